The average Bonchev–Trinajstić information content (AvgIpc) is 3.59. The Kier molecular flexibility index (Phi) is 5.17. The van der Waals surface area contributed by atoms with E-state index in [1.807, 2.05) is 36.6 Å². The van der Waals surface area contributed by atoms with E-state index in [1.54, 1.807) is 0 Å². The number of imidazole rings is 1. The number of halogens is 2. The molecule has 0 aliphatic carbocycles. The highest BCUT2D eigenvalue weighted by Crippen LogP contribution is 2.40. The molecule has 1 aliphatic heterocycles. The Balaban J connectivity index is 1.55. The topological polar surface area (TPSA) is 89.7 Å². The fraction of sp³-hybridized carbons (Fsp3) is 0.231. The second-order valence-electron chi connectivity index (χ2n) is 8.80. The summed E-state index contributed by atoms with van der Waals surface area (Å²) in [6.07, 6.45) is 6.38. The number of anilines is 1. The minimum Gasteiger partial charge on any atom is -0.443 e. The van der Waals surface area contributed by atoms with Crippen LogP contribution in [-0.4, -0.2) is 25.4 Å². The molecule has 4 aromatic heterocycles. The van der Waals surface area contributed by atoms with Crippen molar-refractivity contribution in [1.82, 2.24) is 19.5 Å². The van der Waals surface area contributed by atoms with Crippen molar-refractivity contribution in [2.24, 2.45) is 0 Å². The van der Waals surface area contributed by atoms with Crippen LogP contribution in [0.2, 0.25) is 0 Å². The van der Waals surface area contributed by atoms with Gasteiger partial charge in [-0.05, 0) is 56.5 Å². The van der Waals surface area contributed by atoms with Gasteiger partial charge < -0.3 is 13.8 Å². The zero-order valence-corrected chi connectivity index (χ0v) is 19.5. The Morgan fingerprint density at radius 2 is 1.97 bits per heavy atom. The lowest BCUT2D eigenvalue weighted by Gasteiger charge is -2.35. The third-order valence-electron chi connectivity index (χ3n) is 6.56. The predicted molar refractivity (Wildman–Crippen MR) is 126 cm³/mol. The summed E-state index contributed by atoms with van der Waals surface area (Å²) in [5.74, 6) is -1.15. The molecule has 1 saturated heterocycles. The van der Waals surface area contributed by atoms with Gasteiger partial charge in [-0.1, -0.05) is 5.16 Å². The maximum absolute atomic E-state index is 14.1. The highest BCUT2D eigenvalue weighted by Gasteiger charge is 2.36. The number of benzene rings is 1. The monoisotopic (exact) mass is 489 g/mol. The van der Waals surface area contributed by atoms with Gasteiger partial charge in [0.1, 0.15) is 23.4 Å². The molecular formula is C26H21F2N5O3. The minimum atomic E-state index is -1.02. The number of pyridine rings is 1. The number of rotatable bonds is 4. The molecule has 5 aromatic rings. The SMILES string of the molecule is Cc1noc(C)c1-c1ccn2c(-c3ncco3)c(C3CCCC(=O)N3c3ccc(F)c(F)c3)nc2c1. The second kappa shape index (κ2) is 8.40. The smallest absolute Gasteiger partial charge is 0.245 e. The highest BCUT2D eigenvalue weighted by molar-refractivity contribution is 5.95. The van der Waals surface area contributed by atoms with Crippen LogP contribution in [0.5, 0.6) is 0 Å². The van der Waals surface area contributed by atoms with Gasteiger partial charge in [0.2, 0.25) is 11.8 Å². The first-order valence-electron chi connectivity index (χ1n) is 11.5. The number of nitrogens with zero attached hydrogens (tertiary/aromatic N) is 5. The molecule has 1 fully saturated rings. The van der Waals surface area contributed by atoms with Crippen molar-refractivity contribution in [3.8, 4) is 22.7 Å². The van der Waals surface area contributed by atoms with Crippen LogP contribution in [0.15, 0.2) is 57.9 Å². The summed E-state index contributed by atoms with van der Waals surface area (Å²) in [6.45, 7) is 3.72. The maximum atomic E-state index is 14.1. The first-order chi connectivity index (χ1) is 17.4. The first-order valence-corrected chi connectivity index (χ1v) is 11.5. The third kappa shape index (κ3) is 3.48. The van der Waals surface area contributed by atoms with Gasteiger partial charge in [0.05, 0.1) is 23.6 Å². The third-order valence-corrected chi connectivity index (χ3v) is 6.56. The van der Waals surface area contributed by atoms with Crippen molar-refractivity contribution in [3.63, 3.8) is 0 Å². The number of piperidine rings is 1. The fourth-order valence-corrected chi connectivity index (χ4v) is 4.99. The Morgan fingerprint density at radius 3 is 2.69 bits per heavy atom. The number of fused-ring (bicyclic) bond motifs is 1. The molecule has 36 heavy (non-hydrogen) atoms. The molecule has 1 unspecified atom stereocenters. The minimum absolute atomic E-state index is 0.191. The van der Waals surface area contributed by atoms with Crippen molar-refractivity contribution in [2.75, 3.05) is 4.90 Å². The van der Waals surface area contributed by atoms with Gasteiger partial charge in [-0.25, -0.2) is 18.7 Å². The largest absolute Gasteiger partial charge is 0.443 e. The van der Waals surface area contributed by atoms with Gasteiger partial charge >= 0.3 is 0 Å². The van der Waals surface area contributed by atoms with E-state index in [0.29, 0.717) is 47.9 Å². The number of carbonyl (C=O) groups is 1. The Labute approximate surface area is 204 Å². The highest BCUT2D eigenvalue weighted by atomic mass is 19.2. The van der Waals surface area contributed by atoms with Gasteiger partial charge in [0.25, 0.3) is 0 Å². The quantitative estimate of drug-likeness (QED) is 0.317. The van der Waals surface area contributed by atoms with Crippen molar-refractivity contribution < 1.29 is 22.5 Å². The Hall–Kier alpha value is -4.34. The number of hydrogen-bond donors (Lipinski definition) is 0. The van der Waals surface area contributed by atoms with Crippen LogP contribution in [0.1, 0.15) is 42.5 Å². The van der Waals surface area contributed by atoms with Crippen LogP contribution in [-0.2, 0) is 4.79 Å². The number of oxazole rings is 1. The summed E-state index contributed by atoms with van der Waals surface area (Å²) >= 11 is 0. The number of hydrogen-bond acceptors (Lipinski definition) is 6. The van der Waals surface area contributed by atoms with Gasteiger partial charge in [0, 0.05) is 29.9 Å². The fourth-order valence-electron chi connectivity index (χ4n) is 4.99. The molecule has 0 radical (unpaired) electrons. The average molecular weight is 489 g/mol. The van der Waals surface area contributed by atoms with Crippen LogP contribution in [0.3, 0.4) is 0 Å². The number of aromatic nitrogens is 4. The lowest BCUT2D eigenvalue weighted by atomic mass is 9.96. The molecule has 1 amide bonds. The van der Waals surface area contributed by atoms with Gasteiger partial charge in [-0.15, -0.1) is 0 Å². The van der Waals surface area contributed by atoms with E-state index in [0.717, 1.165) is 29.0 Å². The molecule has 1 aromatic carbocycles. The van der Waals surface area contributed by atoms with E-state index in [2.05, 4.69) is 10.1 Å². The van der Waals surface area contributed by atoms with E-state index in [-0.39, 0.29) is 11.6 Å². The van der Waals surface area contributed by atoms with Gasteiger partial charge in [0.15, 0.2) is 11.6 Å². The van der Waals surface area contributed by atoms with Crippen LogP contribution < -0.4 is 4.90 Å². The molecular weight excluding hydrogens is 468 g/mol. The van der Waals surface area contributed by atoms with Crippen LogP contribution in [0, 0.1) is 25.5 Å². The predicted octanol–water partition coefficient (Wildman–Crippen LogP) is 5.80. The lowest BCUT2D eigenvalue weighted by Crippen LogP contribution is -2.38. The molecule has 10 heteroatoms. The zero-order chi connectivity index (χ0) is 25.0. The molecule has 0 spiro atoms. The molecule has 6 rings (SSSR count). The molecule has 0 bridgehead atoms. The number of aryl methyl sites for hydroxylation is 2. The lowest BCUT2D eigenvalue weighted by molar-refractivity contribution is -0.120. The summed E-state index contributed by atoms with van der Waals surface area (Å²) in [4.78, 5) is 23.9. The van der Waals surface area contributed by atoms with Gasteiger partial charge in [-0.3, -0.25) is 9.20 Å². The van der Waals surface area contributed by atoms with Crippen molar-refractivity contribution in [1.29, 1.82) is 0 Å². The first kappa shape index (κ1) is 22.1. The van der Waals surface area contributed by atoms with Crippen molar-refractivity contribution >= 4 is 17.2 Å². The molecule has 0 saturated carbocycles. The van der Waals surface area contributed by atoms with E-state index in [9.17, 15) is 13.6 Å². The molecule has 1 aliphatic rings. The molecule has 8 nitrogen and oxygen atoms in total. The summed E-state index contributed by atoms with van der Waals surface area (Å²) in [6, 6.07) is 6.79. The summed E-state index contributed by atoms with van der Waals surface area (Å²) in [5, 5.41) is 4.05. The second-order valence-corrected chi connectivity index (χ2v) is 8.80. The number of carbonyl (C=O) groups excluding carboxylic acids is 1. The van der Waals surface area contributed by atoms with Crippen molar-refractivity contribution in [3.05, 3.63) is 77.8 Å². The van der Waals surface area contributed by atoms with Crippen LogP contribution >= 0.6 is 0 Å². The van der Waals surface area contributed by atoms with Crippen molar-refractivity contribution in [2.45, 2.75) is 39.2 Å². The Bertz CT molecular complexity index is 1590. The van der Waals surface area contributed by atoms with E-state index in [1.165, 1.54) is 23.4 Å². The van der Waals surface area contributed by atoms with Gasteiger partial charge in [-0.2, -0.15) is 0 Å². The van der Waals surface area contributed by atoms with E-state index < -0.39 is 17.7 Å². The molecule has 0 N–H and O–H groups in total. The summed E-state index contributed by atoms with van der Waals surface area (Å²) in [7, 11) is 0. The summed E-state index contributed by atoms with van der Waals surface area (Å²) < 4.78 is 40.6. The number of amides is 1. The standard InChI is InChI=1S/C26H21F2N5O3/c1-14-23(15(2)36-31-14)16-8-10-32-21(12-16)30-24(25(32)26-29-9-11-35-26)20-4-3-5-22(34)33(20)17-6-7-18(27)19(28)13-17/h6-13,20H,3-5H2,1-2H3. The van der Waals surface area contributed by atoms with Crippen LogP contribution in [0.4, 0.5) is 14.5 Å². The zero-order valence-electron chi connectivity index (χ0n) is 19.5. The van der Waals surface area contributed by atoms with Crippen LogP contribution in [0.25, 0.3) is 28.4 Å². The van der Waals surface area contributed by atoms with E-state index in [4.69, 9.17) is 13.9 Å². The molecule has 182 valence electrons. The summed E-state index contributed by atoms with van der Waals surface area (Å²) in [5.41, 5.74) is 4.56. The Morgan fingerprint density at radius 1 is 1.11 bits per heavy atom. The van der Waals surface area contributed by atoms with E-state index >= 15 is 0 Å². The molecule has 1 atom stereocenters. The maximum Gasteiger partial charge on any atom is 0.245 e. The normalized spacial score (nSPS) is 16.3. The molecule has 5 heterocycles.